The first-order valence-corrected chi connectivity index (χ1v) is 14.4. The van der Waals surface area contributed by atoms with Gasteiger partial charge in [-0.15, -0.1) is 0 Å². The van der Waals surface area contributed by atoms with E-state index in [9.17, 15) is 4.79 Å². The zero-order valence-electron chi connectivity index (χ0n) is 23.1. The Bertz CT molecular complexity index is 897. The molecule has 0 spiro atoms. The Hall–Kier alpha value is -1.05. The first kappa shape index (κ1) is 24.6. The van der Waals surface area contributed by atoms with Gasteiger partial charge in [-0.2, -0.15) is 0 Å². The molecule has 9 atom stereocenters. The van der Waals surface area contributed by atoms with Crippen molar-refractivity contribution >= 4 is 5.97 Å². The SMILES string of the molecule is C=C(C)[C@@H]1CCC=C2CC[C@]3(C)[C@H](CC[C@@H]4[C@@]5(C)CC[C@H](OC(C)=O)C(C)(C)[C@@H]5CC[C@]43C)[C@H]21. The predicted octanol–water partition coefficient (Wildman–Crippen LogP) is 8.52. The normalized spacial score (nSPS) is 49.4. The van der Waals surface area contributed by atoms with Crippen LogP contribution in [0.25, 0.3) is 0 Å². The molecule has 190 valence electrons. The van der Waals surface area contributed by atoms with Crippen LogP contribution in [-0.4, -0.2) is 12.1 Å². The largest absolute Gasteiger partial charge is 0.462 e. The molecule has 0 heterocycles. The summed E-state index contributed by atoms with van der Waals surface area (Å²) in [5.41, 5.74) is 4.41. The van der Waals surface area contributed by atoms with Crippen LogP contribution in [0.4, 0.5) is 0 Å². The average molecular weight is 467 g/mol. The highest BCUT2D eigenvalue weighted by atomic mass is 16.5. The van der Waals surface area contributed by atoms with Crippen LogP contribution in [0.5, 0.6) is 0 Å². The van der Waals surface area contributed by atoms with Gasteiger partial charge in [-0.05, 0) is 117 Å². The van der Waals surface area contributed by atoms with E-state index in [1.807, 2.05) is 0 Å². The van der Waals surface area contributed by atoms with E-state index >= 15 is 0 Å². The standard InChI is InChI=1S/C32H50O2/c1-20(2)23-11-9-10-22-14-18-31(7)24(28(22)23)12-13-26-30(6)17-16-27(34-21(3)33)29(4,5)25(30)15-19-32(26,31)8/h10,23-28H,1,9,11-19H2,2-8H3/t23-,24+,25-,26+,27-,28+,30-,31+,32+/m0/s1. The molecule has 0 aliphatic heterocycles. The van der Waals surface area contributed by atoms with Crippen molar-refractivity contribution in [2.75, 3.05) is 0 Å². The van der Waals surface area contributed by atoms with Crippen molar-refractivity contribution in [2.45, 2.75) is 119 Å². The third-order valence-electron chi connectivity index (χ3n) is 12.9. The number of carbonyl (C=O) groups is 1. The predicted molar refractivity (Wildman–Crippen MR) is 140 cm³/mol. The maximum atomic E-state index is 11.9. The Balaban J connectivity index is 1.50. The van der Waals surface area contributed by atoms with Crippen molar-refractivity contribution in [3.05, 3.63) is 23.8 Å². The molecule has 0 aromatic rings. The van der Waals surface area contributed by atoms with E-state index in [-0.39, 0.29) is 17.5 Å². The Kier molecular flexibility index (Phi) is 5.78. The van der Waals surface area contributed by atoms with Crippen molar-refractivity contribution in [3.8, 4) is 0 Å². The van der Waals surface area contributed by atoms with Gasteiger partial charge in [0.25, 0.3) is 0 Å². The topological polar surface area (TPSA) is 26.3 Å². The molecule has 5 aliphatic rings. The summed E-state index contributed by atoms with van der Waals surface area (Å²) in [4.78, 5) is 11.9. The number of ether oxygens (including phenoxy) is 1. The lowest BCUT2D eigenvalue weighted by atomic mass is 9.33. The summed E-state index contributed by atoms with van der Waals surface area (Å²) in [5, 5.41) is 0. The van der Waals surface area contributed by atoms with Crippen molar-refractivity contribution in [1.82, 2.24) is 0 Å². The Morgan fingerprint density at radius 1 is 0.912 bits per heavy atom. The van der Waals surface area contributed by atoms with Crippen LogP contribution in [0.15, 0.2) is 23.8 Å². The van der Waals surface area contributed by atoms with Gasteiger partial charge in [0, 0.05) is 12.3 Å². The molecule has 2 nitrogen and oxygen atoms in total. The lowest BCUT2D eigenvalue weighted by molar-refractivity contribution is -0.238. The number of allylic oxidation sites excluding steroid dienone is 3. The smallest absolute Gasteiger partial charge is 0.302 e. The molecule has 34 heavy (non-hydrogen) atoms. The van der Waals surface area contributed by atoms with Crippen LogP contribution in [0.1, 0.15) is 113 Å². The molecule has 4 saturated carbocycles. The van der Waals surface area contributed by atoms with E-state index < -0.39 is 0 Å². The molecular weight excluding hydrogens is 416 g/mol. The number of hydrogen-bond donors (Lipinski definition) is 0. The van der Waals surface area contributed by atoms with Crippen LogP contribution in [0.2, 0.25) is 0 Å². The zero-order chi connectivity index (χ0) is 24.7. The highest BCUT2D eigenvalue weighted by Gasteiger charge is 2.68. The minimum atomic E-state index is -0.110. The van der Waals surface area contributed by atoms with Gasteiger partial charge >= 0.3 is 5.97 Å². The van der Waals surface area contributed by atoms with Crippen molar-refractivity contribution < 1.29 is 9.53 Å². The lowest BCUT2D eigenvalue weighted by Gasteiger charge is -2.72. The van der Waals surface area contributed by atoms with Gasteiger partial charge < -0.3 is 4.74 Å². The van der Waals surface area contributed by atoms with Crippen molar-refractivity contribution in [1.29, 1.82) is 0 Å². The number of carbonyl (C=O) groups excluding carboxylic acids is 1. The van der Waals surface area contributed by atoms with Gasteiger partial charge in [0.2, 0.25) is 0 Å². The third kappa shape index (κ3) is 3.21. The van der Waals surface area contributed by atoms with Crippen LogP contribution < -0.4 is 0 Å². The molecule has 0 saturated heterocycles. The highest BCUT2D eigenvalue weighted by molar-refractivity contribution is 5.66. The molecule has 5 aliphatic carbocycles. The van der Waals surface area contributed by atoms with Gasteiger partial charge in [0.15, 0.2) is 0 Å². The fourth-order valence-corrected chi connectivity index (χ4v) is 11.2. The Morgan fingerprint density at radius 2 is 1.65 bits per heavy atom. The van der Waals surface area contributed by atoms with Crippen LogP contribution in [0, 0.1) is 51.2 Å². The average Bonchev–Trinajstić information content (AvgIpc) is 2.75. The van der Waals surface area contributed by atoms with E-state index in [4.69, 9.17) is 4.74 Å². The molecule has 2 heteroatoms. The van der Waals surface area contributed by atoms with Gasteiger partial charge in [-0.1, -0.05) is 58.4 Å². The number of hydrogen-bond acceptors (Lipinski definition) is 2. The van der Waals surface area contributed by atoms with Crippen molar-refractivity contribution in [3.63, 3.8) is 0 Å². The first-order valence-electron chi connectivity index (χ1n) is 14.4. The van der Waals surface area contributed by atoms with Gasteiger partial charge in [0.1, 0.15) is 6.10 Å². The zero-order valence-corrected chi connectivity index (χ0v) is 23.1. The molecule has 0 N–H and O–H groups in total. The van der Waals surface area contributed by atoms with E-state index in [0.29, 0.717) is 28.1 Å². The van der Waals surface area contributed by atoms with Gasteiger partial charge in [-0.3, -0.25) is 4.79 Å². The molecule has 0 unspecified atom stereocenters. The second-order valence-electron chi connectivity index (χ2n) is 14.5. The van der Waals surface area contributed by atoms with Gasteiger partial charge in [0.05, 0.1) is 0 Å². The van der Waals surface area contributed by atoms with Crippen LogP contribution in [-0.2, 0) is 9.53 Å². The van der Waals surface area contributed by atoms with Crippen LogP contribution in [0.3, 0.4) is 0 Å². The minimum Gasteiger partial charge on any atom is -0.462 e. The molecule has 5 rings (SSSR count). The number of fused-ring (bicyclic) bond motifs is 7. The summed E-state index contributed by atoms with van der Waals surface area (Å²) in [6.07, 6.45) is 15.6. The Labute approximate surface area is 209 Å². The first-order chi connectivity index (χ1) is 15.9. The second kappa shape index (κ2) is 7.97. The van der Waals surface area contributed by atoms with Crippen molar-refractivity contribution in [2.24, 2.45) is 51.2 Å². The van der Waals surface area contributed by atoms with Crippen LogP contribution >= 0.6 is 0 Å². The monoisotopic (exact) mass is 466 g/mol. The quantitative estimate of drug-likeness (QED) is 0.301. The summed E-state index contributed by atoms with van der Waals surface area (Å²) < 4.78 is 5.91. The molecule has 4 fully saturated rings. The summed E-state index contributed by atoms with van der Waals surface area (Å²) in [7, 11) is 0. The summed E-state index contributed by atoms with van der Waals surface area (Å²) in [6.45, 7) is 21.2. The van der Waals surface area contributed by atoms with E-state index in [1.54, 1.807) is 12.5 Å². The van der Waals surface area contributed by atoms with E-state index in [0.717, 1.165) is 24.2 Å². The van der Waals surface area contributed by atoms with E-state index in [1.165, 1.54) is 63.4 Å². The molecule has 0 bridgehead atoms. The fraction of sp³-hybridized carbons (Fsp3) is 0.844. The lowest BCUT2D eigenvalue weighted by Crippen LogP contribution is -2.66. The molecule has 0 amide bonds. The third-order valence-corrected chi connectivity index (χ3v) is 12.9. The Morgan fingerprint density at radius 3 is 2.32 bits per heavy atom. The van der Waals surface area contributed by atoms with E-state index in [2.05, 4.69) is 54.2 Å². The highest BCUT2D eigenvalue weighted by Crippen LogP contribution is 2.75. The fourth-order valence-electron chi connectivity index (χ4n) is 11.2. The second-order valence-corrected chi connectivity index (χ2v) is 14.5. The maximum Gasteiger partial charge on any atom is 0.302 e. The summed E-state index contributed by atoms with van der Waals surface area (Å²) >= 11 is 0. The molecule has 0 aromatic heterocycles. The summed E-state index contributed by atoms with van der Waals surface area (Å²) in [6, 6.07) is 0. The molecule has 0 aromatic carbocycles. The van der Waals surface area contributed by atoms with Gasteiger partial charge in [-0.25, -0.2) is 0 Å². The summed E-state index contributed by atoms with van der Waals surface area (Å²) in [5.74, 6) is 3.53. The molecular formula is C32H50O2. The maximum absolute atomic E-state index is 11.9. The molecule has 0 radical (unpaired) electrons. The number of esters is 1. The number of rotatable bonds is 2. The minimum absolute atomic E-state index is 0.0502.